The van der Waals surface area contributed by atoms with Gasteiger partial charge in [-0.15, -0.1) is 0 Å². The molecule has 0 aliphatic carbocycles. The van der Waals surface area contributed by atoms with Gasteiger partial charge in [0, 0.05) is 13.1 Å². The number of amides is 2. The topological polar surface area (TPSA) is 86.8 Å². The highest BCUT2D eigenvalue weighted by Crippen LogP contribution is 2.26. The van der Waals surface area contributed by atoms with Crippen molar-refractivity contribution >= 4 is 33.2 Å². The molecule has 1 N–H and O–H groups in total. The van der Waals surface area contributed by atoms with E-state index in [-0.39, 0.29) is 10.8 Å². The van der Waals surface area contributed by atoms with Gasteiger partial charge in [0.15, 0.2) is 0 Å². The Morgan fingerprint density at radius 3 is 2.19 bits per heavy atom. The predicted octanol–water partition coefficient (Wildman–Crippen LogP) is 5.15. The van der Waals surface area contributed by atoms with Crippen LogP contribution >= 0.6 is 0 Å². The number of likely N-dealkylation sites (tertiary alicyclic amines) is 1. The van der Waals surface area contributed by atoms with Crippen LogP contribution < -0.4 is 9.62 Å². The lowest BCUT2D eigenvalue weighted by atomic mass is 10.1. The summed E-state index contributed by atoms with van der Waals surface area (Å²) < 4.78 is 28.4. The number of nitrogens with one attached hydrogen (secondary N) is 1. The van der Waals surface area contributed by atoms with E-state index in [4.69, 9.17) is 0 Å². The average Bonchev–Trinajstić information content (AvgIpc) is 3.17. The zero-order valence-corrected chi connectivity index (χ0v) is 22.1. The third-order valence-electron chi connectivity index (χ3n) is 6.51. The van der Waals surface area contributed by atoms with E-state index in [1.165, 1.54) is 0 Å². The van der Waals surface area contributed by atoms with Crippen molar-refractivity contribution in [2.45, 2.75) is 44.4 Å². The van der Waals surface area contributed by atoms with Gasteiger partial charge < -0.3 is 10.2 Å². The van der Waals surface area contributed by atoms with E-state index in [2.05, 4.69) is 5.32 Å². The van der Waals surface area contributed by atoms with E-state index in [0.717, 1.165) is 41.1 Å². The fraction of sp³-hybridized carbons (Fsp3) is 0.310. The number of anilines is 2. The second kappa shape index (κ2) is 11.6. The summed E-state index contributed by atoms with van der Waals surface area (Å²) >= 11 is 0. The maximum Gasteiger partial charge on any atom is 0.264 e. The van der Waals surface area contributed by atoms with Crippen LogP contribution in [0.4, 0.5) is 11.4 Å². The molecule has 0 spiro atoms. The van der Waals surface area contributed by atoms with Crippen LogP contribution in [0.25, 0.3) is 0 Å². The van der Waals surface area contributed by atoms with Crippen molar-refractivity contribution in [3.63, 3.8) is 0 Å². The van der Waals surface area contributed by atoms with Crippen LogP contribution in [0.2, 0.25) is 0 Å². The Balaban J connectivity index is 1.61. The normalized spacial score (nSPS) is 14.1. The van der Waals surface area contributed by atoms with Crippen LogP contribution in [0.15, 0.2) is 77.7 Å². The average molecular weight is 520 g/mol. The first-order valence-electron chi connectivity index (χ1n) is 12.6. The van der Waals surface area contributed by atoms with E-state index in [1.807, 2.05) is 24.8 Å². The van der Waals surface area contributed by atoms with Crippen molar-refractivity contribution in [1.82, 2.24) is 4.90 Å². The molecule has 0 aromatic heterocycles. The molecule has 194 valence electrons. The minimum atomic E-state index is -4.03. The molecular formula is C29H33N3O4S. The Hall–Kier alpha value is -3.65. The van der Waals surface area contributed by atoms with E-state index in [9.17, 15) is 18.0 Å². The SMILES string of the molecule is Cc1ccc(S(=O)(=O)N(CC(=O)Nc2ccccc2C(=O)N2CCCCCC2)c2cccc(C)c2)cc1. The van der Waals surface area contributed by atoms with Gasteiger partial charge in [0.25, 0.3) is 15.9 Å². The molecule has 1 heterocycles. The number of para-hydroxylation sites is 1. The molecule has 0 radical (unpaired) electrons. The van der Waals surface area contributed by atoms with E-state index >= 15 is 0 Å². The van der Waals surface area contributed by atoms with Gasteiger partial charge >= 0.3 is 0 Å². The molecule has 1 fully saturated rings. The molecule has 1 saturated heterocycles. The summed E-state index contributed by atoms with van der Waals surface area (Å²) in [6.07, 6.45) is 4.13. The van der Waals surface area contributed by atoms with Gasteiger partial charge in [-0.05, 0) is 68.7 Å². The second-order valence-electron chi connectivity index (χ2n) is 9.46. The number of benzene rings is 3. The van der Waals surface area contributed by atoms with E-state index < -0.39 is 22.5 Å². The summed E-state index contributed by atoms with van der Waals surface area (Å²) in [5.41, 5.74) is 2.98. The van der Waals surface area contributed by atoms with Crippen molar-refractivity contribution in [2.24, 2.45) is 0 Å². The largest absolute Gasteiger partial charge is 0.339 e. The monoisotopic (exact) mass is 519 g/mol. The number of nitrogens with zero attached hydrogens (tertiary/aromatic N) is 2. The first-order chi connectivity index (χ1) is 17.8. The van der Waals surface area contributed by atoms with Crippen LogP contribution in [0.1, 0.15) is 47.2 Å². The molecule has 3 aromatic rings. The molecule has 7 nitrogen and oxygen atoms in total. The van der Waals surface area contributed by atoms with Crippen LogP contribution in [-0.2, 0) is 14.8 Å². The van der Waals surface area contributed by atoms with Gasteiger partial charge in [0.05, 0.1) is 21.8 Å². The van der Waals surface area contributed by atoms with Crippen LogP contribution in [-0.4, -0.2) is 44.8 Å². The Kier molecular flexibility index (Phi) is 8.28. The van der Waals surface area contributed by atoms with Crippen molar-refractivity contribution < 1.29 is 18.0 Å². The quantitative estimate of drug-likeness (QED) is 0.468. The highest BCUT2D eigenvalue weighted by Gasteiger charge is 2.28. The molecule has 0 saturated carbocycles. The third-order valence-corrected chi connectivity index (χ3v) is 8.30. The number of carbonyl (C=O) groups excluding carboxylic acids is 2. The first kappa shape index (κ1) is 26.4. The standard InChI is InChI=1S/C29H33N3O4S/c1-22-14-16-25(17-15-22)37(35,36)32(24-11-9-10-23(2)20-24)21-28(33)30-27-13-6-5-12-26(27)29(34)31-18-7-3-4-8-19-31/h5-6,9-17,20H,3-4,7-8,18-19,21H2,1-2H3,(H,30,33). The van der Waals surface area contributed by atoms with Gasteiger partial charge in [0.2, 0.25) is 5.91 Å². The lowest BCUT2D eigenvalue weighted by Crippen LogP contribution is -2.38. The van der Waals surface area contributed by atoms with E-state index in [1.54, 1.807) is 66.7 Å². The Morgan fingerprint density at radius 2 is 1.51 bits per heavy atom. The lowest BCUT2D eigenvalue weighted by Gasteiger charge is -2.25. The summed E-state index contributed by atoms with van der Waals surface area (Å²) in [6.45, 7) is 4.69. The Labute approximate surface area is 219 Å². The summed E-state index contributed by atoms with van der Waals surface area (Å²) in [4.78, 5) is 28.5. The number of sulfonamides is 1. The van der Waals surface area contributed by atoms with Crippen molar-refractivity contribution in [3.8, 4) is 0 Å². The highest BCUT2D eigenvalue weighted by molar-refractivity contribution is 7.92. The van der Waals surface area contributed by atoms with Crippen LogP contribution in [0.3, 0.4) is 0 Å². The van der Waals surface area contributed by atoms with Gasteiger partial charge in [-0.1, -0.05) is 54.8 Å². The molecule has 0 unspecified atom stereocenters. The number of aryl methyl sites for hydroxylation is 2. The molecular weight excluding hydrogens is 486 g/mol. The lowest BCUT2D eigenvalue weighted by molar-refractivity contribution is -0.114. The van der Waals surface area contributed by atoms with Crippen LogP contribution in [0.5, 0.6) is 0 Å². The summed E-state index contributed by atoms with van der Waals surface area (Å²) in [7, 11) is -4.03. The molecule has 0 atom stereocenters. The minimum Gasteiger partial charge on any atom is -0.339 e. The predicted molar refractivity (Wildman–Crippen MR) is 146 cm³/mol. The first-order valence-corrected chi connectivity index (χ1v) is 14.0. The van der Waals surface area contributed by atoms with Gasteiger partial charge in [-0.25, -0.2) is 8.42 Å². The fourth-order valence-corrected chi connectivity index (χ4v) is 5.89. The van der Waals surface area contributed by atoms with Crippen molar-refractivity contribution in [3.05, 3.63) is 89.5 Å². The molecule has 37 heavy (non-hydrogen) atoms. The zero-order valence-electron chi connectivity index (χ0n) is 21.3. The highest BCUT2D eigenvalue weighted by atomic mass is 32.2. The maximum absolute atomic E-state index is 13.6. The summed E-state index contributed by atoms with van der Waals surface area (Å²) in [6, 6.07) is 20.5. The van der Waals surface area contributed by atoms with Crippen LogP contribution in [0, 0.1) is 13.8 Å². The summed E-state index contributed by atoms with van der Waals surface area (Å²) in [5.74, 6) is -0.658. The summed E-state index contributed by atoms with van der Waals surface area (Å²) in [5, 5.41) is 2.80. The van der Waals surface area contributed by atoms with Gasteiger partial charge in [-0.2, -0.15) is 0 Å². The number of carbonyl (C=O) groups is 2. The number of hydrogen-bond donors (Lipinski definition) is 1. The molecule has 4 rings (SSSR count). The molecule has 0 bridgehead atoms. The third kappa shape index (κ3) is 6.38. The molecule has 2 amide bonds. The Morgan fingerprint density at radius 1 is 0.838 bits per heavy atom. The fourth-order valence-electron chi connectivity index (χ4n) is 4.48. The van der Waals surface area contributed by atoms with Crippen molar-refractivity contribution in [2.75, 3.05) is 29.3 Å². The molecule has 8 heteroatoms. The maximum atomic E-state index is 13.6. The van der Waals surface area contributed by atoms with Gasteiger partial charge in [0.1, 0.15) is 6.54 Å². The van der Waals surface area contributed by atoms with Gasteiger partial charge in [-0.3, -0.25) is 13.9 Å². The zero-order chi connectivity index (χ0) is 26.4. The number of rotatable bonds is 7. The smallest absolute Gasteiger partial charge is 0.264 e. The van der Waals surface area contributed by atoms with E-state index in [0.29, 0.717) is 30.0 Å². The Bertz CT molecular complexity index is 1360. The minimum absolute atomic E-state index is 0.101. The number of hydrogen-bond acceptors (Lipinski definition) is 4. The second-order valence-corrected chi connectivity index (χ2v) is 11.3. The molecule has 1 aliphatic heterocycles. The molecule has 1 aliphatic rings. The van der Waals surface area contributed by atoms with Crippen molar-refractivity contribution in [1.29, 1.82) is 0 Å². The molecule has 3 aromatic carbocycles.